The molecule has 31 heteroatoms. The number of rotatable bonds is 36. The number of carboxylic acids is 1. The monoisotopic (exact) mass is 1200 g/mol. The molecule has 0 bridgehead atoms. The van der Waals surface area contributed by atoms with Crippen LogP contribution in [-0.4, -0.2) is 190 Å². The minimum atomic E-state index is -1.58. The topological polar surface area (TPSA) is 502 Å². The molecule has 0 spiro atoms. The molecular formula is C54H85N17O14. The van der Waals surface area contributed by atoms with Gasteiger partial charge in [-0.05, 0) is 69.3 Å². The minimum Gasteiger partial charge on any atom is -0.480 e. The number of carbonyl (C=O) groups is 12. The number of aromatic nitrogens is 2. The van der Waals surface area contributed by atoms with Gasteiger partial charge in [0.05, 0.1) is 50.4 Å². The summed E-state index contributed by atoms with van der Waals surface area (Å²) in [4.78, 5) is 171. The van der Waals surface area contributed by atoms with Gasteiger partial charge in [0.1, 0.15) is 36.3 Å². The lowest BCUT2D eigenvalue weighted by Crippen LogP contribution is -2.59. The number of aliphatic hydroxyl groups excluding tert-OH is 1. The molecule has 11 amide bonds. The summed E-state index contributed by atoms with van der Waals surface area (Å²) in [5.74, 6) is -11.6. The third kappa shape index (κ3) is 27.0. The number of primary amides is 1. The summed E-state index contributed by atoms with van der Waals surface area (Å²) in [5.41, 5.74) is 22.9. The highest BCUT2D eigenvalue weighted by Gasteiger charge is 2.36. The third-order valence-corrected chi connectivity index (χ3v) is 13.2. The molecule has 2 heterocycles. The number of hydrogen-bond acceptors (Lipinski definition) is 16. The maximum Gasteiger partial charge on any atom is 0.326 e. The fraction of sp³-hybridized carbons (Fsp3) is 0.593. The van der Waals surface area contributed by atoms with Crippen LogP contribution in [0.4, 0.5) is 0 Å². The zero-order valence-electron chi connectivity index (χ0n) is 48.7. The number of hydrogen-bond donors (Lipinski definition) is 16. The Hall–Kier alpha value is -8.74. The van der Waals surface area contributed by atoms with Gasteiger partial charge in [-0.3, -0.25) is 57.7 Å². The first kappa shape index (κ1) is 70.5. The number of carboxylic acid groups (broad SMARTS) is 1. The van der Waals surface area contributed by atoms with E-state index in [4.69, 9.17) is 22.9 Å². The smallest absolute Gasteiger partial charge is 0.326 e. The molecule has 1 fully saturated rings. The van der Waals surface area contributed by atoms with Crippen molar-refractivity contribution in [1.82, 2.24) is 62.7 Å². The number of aliphatic hydroxyl groups is 1. The van der Waals surface area contributed by atoms with Crippen LogP contribution in [0.5, 0.6) is 0 Å². The molecule has 470 valence electrons. The van der Waals surface area contributed by atoms with Crippen LogP contribution in [0.15, 0.2) is 47.8 Å². The van der Waals surface area contributed by atoms with Gasteiger partial charge in [-0.1, -0.05) is 58.0 Å². The Balaban J connectivity index is 1.72. The highest BCUT2D eigenvalue weighted by Crippen LogP contribution is 2.18. The van der Waals surface area contributed by atoms with Crippen molar-refractivity contribution < 1.29 is 67.7 Å². The van der Waals surface area contributed by atoms with Crippen LogP contribution in [0.2, 0.25) is 0 Å². The van der Waals surface area contributed by atoms with E-state index in [1.807, 2.05) is 0 Å². The molecule has 1 aromatic carbocycles. The van der Waals surface area contributed by atoms with E-state index in [-0.39, 0.29) is 82.4 Å². The first-order chi connectivity index (χ1) is 40.1. The molecule has 0 saturated carbocycles. The molecule has 1 aliphatic rings. The lowest BCUT2D eigenvalue weighted by atomic mass is 9.96. The largest absolute Gasteiger partial charge is 0.480 e. The summed E-state index contributed by atoms with van der Waals surface area (Å²) in [6.07, 6.45) is 1.86. The van der Waals surface area contributed by atoms with Gasteiger partial charge in [0.25, 0.3) is 0 Å². The predicted molar refractivity (Wildman–Crippen MR) is 307 cm³/mol. The number of benzene rings is 1. The number of nitrogens with two attached hydrogens (primary N) is 4. The number of nitrogens with one attached hydrogen (secondary N) is 10. The Labute approximate surface area is 492 Å². The molecule has 0 aliphatic carbocycles. The second-order valence-corrected chi connectivity index (χ2v) is 21.7. The van der Waals surface area contributed by atoms with E-state index >= 15 is 0 Å². The van der Waals surface area contributed by atoms with Crippen molar-refractivity contribution in [3.63, 3.8) is 0 Å². The van der Waals surface area contributed by atoms with Crippen molar-refractivity contribution in [3.8, 4) is 0 Å². The SMILES string of the molecule is CC(C)C[C@H](NC(=O)CNC(=O)[C@H](Cc1cnc[nH]1)NC(=O)[C@H](CC(C)C)NC(=O)[C@H](CC(N)=O)NC(=O)[C@@H]1CCCN(C(=O)CNC(=O)[C@@H](N)C[C@@H](C)O)C1)C(=O)N[C@@H](Cc1ccccc1)C(=O)NCC(=O)N[C@@H](CCCN=C(N)N)C(=O)O. The Kier molecular flexibility index (Phi) is 29.9. The van der Waals surface area contributed by atoms with Crippen LogP contribution in [0.25, 0.3) is 0 Å². The summed E-state index contributed by atoms with van der Waals surface area (Å²) >= 11 is 0. The number of H-pyrrole nitrogens is 1. The van der Waals surface area contributed by atoms with Gasteiger partial charge in [-0.2, -0.15) is 0 Å². The van der Waals surface area contributed by atoms with E-state index in [1.165, 1.54) is 24.3 Å². The second kappa shape index (κ2) is 36.1. The van der Waals surface area contributed by atoms with Gasteiger partial charge in [-0.25, -0.2) is 9.78 Å². The summed E-state index contributed by atoms with van der Waals surface area (Å²) < 4.78 is 0. The third-order valence-electron chi connectivity index (χ3n) is 13.2. The van der Waals surface area contributed by atoms with Gasteiger partial charge < -0.3 is 90.9 Å². The van der Waals surface area contributed by atoms with Gasteiger partial charge in [0.15, 0.2) is 5.96 Å². The lowest BCUT2D eigenvalue weighted by Gasteiger charge is -2.33. The normalized spacial score (nSPS) is 15.8. The van der Waals surface area contributed by atoms with E-state index in [0.29, 0.717) is 24.1 Å². The molecule has 1 aromatic heterocycles. The quantitative estimate of drug-likeness (QED) is 0.0172. The van der Waals surface area contributed by atoms with E-state index in [9.17, 15) is 67.7 Å². The number of nitrogens with zero attached hydrogens (tertiary/aromatic N) is 3. The standard InChI is InChI=1S/C54H85N17O14/c1-29(2)17-37(50(81)69-39(20-32-11-7-6-8-12-32)48(79)61-24-43(74)65-36(53(84)85)14-9-15-60-54(57)58)66-44(75)25-62-49(80)40(21-34-23-59-28-64-34)70-51(82)38(18-30(3)4)68-52(83)41(22-42(56)73)67-46(77)33-13-10-16-71(27-33)45(76)26-63-47(78)35(55)19-31(5)72/h6-8,11-12,23,28-31,33,35-41,72H,9-10,13-22,24-27,55H2,1-5H3,(H2,56,73)(H,59,64)(H,61,79)(H,62,80)(H,63,78)(H,65,74)(H,66,75)(H,67,77)(H,68,83)(H,69,81)(H,70,82)(H,84,85)(H4,57,58,60)/t31-,33-,35+,36+,37+,38+,39+,40+,41+/m1/s1. The van der Waals surface area contributed by atoms with Crippen molar-refractivity contribution in [2.75, 3.05) is 39.3 Å². The van der Waals surface area contributed by atoms with Crippen LogP contribution in [0.3, 0.4) is 0 Å². The van der Waals surface area contributed by atoms with E-state index in [1.54, 1.807) is 58.0 Å². The van der Waals surface area contributed by atoms with Gasteiger partial charge in [0.2, 0.25) is 65.0 Å². The number of likely N-dealkylation sites (tertiary alicyclic amines) is 1. The van der Waals surface area contributed by atoms with Crippen molar-refractivity contribution in [3.05, 3.63) is 54.1 Å². The second-order valence-electron chi connectivity index (χ2n) is 21.7. The number of guanidine groups is 1. The zero-order chi connectivity index (χ0) is 63.3. The van der Waals surface area contributed by atoms with Crippen LogP contribution in [0, 0.1) is 17.8 Å². The van der Waals surface area contributed by atoms with Crippen LogP contribution in [0.1, 0.15) is 97.2 Å². The Bertz CT molecular complexity index is 2620. The Morgan fingerprint density at radius 1 is 0.671 bits per heavy atom. The van der Waals surface area contributed by atoms with Crippen molar-refractivity contribution in [2.45, 2.75) is 147 Å². The summed E-state index contributed by atoms with van der Waals surface area (Å²) in [6, 6.07) is -0.727. The highest BCUT2D eigenvalue weighted by atomic mass is 16.4. The van der Waals surface area contributed by atoms with Crippen LogP contribution < -0.4 is 70.8 Å². The minimum absolute atomic E-state index is 0.00482. The molecular weight excluding hydrogens is 1110 g/mol. The van der Waals surface area contributed by atoms with Crippen LogP contribution >= 0.6 is 0 Å². The van der Waals surface area contributed by atoms with Gasteiger partial charge >= 0.3 is 5.97 Å². The fourth-order valence-electron chi connectivity index (χ4n) is 8.94. The lowest BCUT2D eigenvalue weighted by molar-refractivity contribution is -0.142. The number of amides is 11. The van der Waals surface area contributed by atoms with Gasteiger partial charge in [0, 0.05) is 44.4 Å². The number of aromatic amines is 1. The maximum absolute atomic E-state index is 14.2. The summed E-state index contributed by atoms with van der Waals surface area (Å²) in [6.45, 7) is 7.03. The number of imidazole rings is 1. The van der Waals surface area contributed by atoms with Gasteiger partial charge in [-0.15, -0.1) is 0 Å². The number of aliphatic imine (C=N–C) groups is 1. The number of aliphatic carboxylic acids is 1. The van der Waals surface area contributed by atoms with Crippen molar-refractivity contribution in [2.24, 2.45) is 45.7 Å². The van der Waals surface area contributed by atoms with E-state index < -0.39 is 151 Å². The van der Waals surface area contributed by atoms with Crippen LogP contribution in [-0.2, 0) is 70.4 Å². The highest BCUT2D eigenvalue weighted by molar-refractivity contribution is 5.98. The molecule has 20 N–H and O–H groups in total. The molecule has 1 aliphatic heterocycles. The Morgan fingerprint density at radius 2 is 1.21 bits per heavy atom. The number of piperidine rings is 1. The Morgan fingerprint density at radius 3 is 1.74 bits per heavy atom. The average Bonchev–Trinajstić information content (AvgIpc) is 4.12. The molecule has 0 radical (unpaired) electrons. The molecule has 31 nitrogen and oxygen atoms in total. The molecule has 3 rings (SSSR count). The first-order valence-electron chi connectivity index (χ1n) is 28.0. The first-order valence-corrected chi connectivity index (χ1v) is 28.0. The van der Waals surface area contributed by atoms with Crippen molar-refractivity contribution in [1.29, 1.82) is 0 Å². The number of carbonyl (C=O) groups excluding carboxylic acids is 11. The average molecular weight is 1200 g/mol. The molecule has 9 atom stereocenters. The van der Waals surface area contributed by atoms with E-state index in [0.717, 1.165) is 0 Å². The summed E-state index contributed by atoms with van der Waals surface area (Å²) in [5, 5.41) is 41.8. The molecule has 1 saturated heterocycles. The molecule has 2 aromatic rings. The molecule has 0 unspecified atom stereocenters. The summed E-state index contributed by atoms with van der Waals surface area (Å²) in [7, 11) is 0. The zero-order valence-corrected chi connectivity index (χ0v) is 48.7. The van der Waals surface area contributed by atoms with Crippen molar-refractivity contribution >= 4 is 76.9 Å². The predicted octanol–water partition coefficient (Wildman–Crippen LogP) is -5.11. The maximum atomic E-state index is 14.2. The van der Waals surface area contributed by atoms with E-state index in [2.05, 4.69) is 62.8 Å². The fourth-order valence-corrected chi connectivity index (χ4v) is 8.94. The molecule has 85 heavy (non-hydrogen) atoms.